The van der Waals surface area contributed by atoms with Crippen LogP contribution in [0.15, 0.2) is 42.7 Å². The van der Waals surface area contributed by atoms with E-state index in [2.05, 4.69) is 34.4 Å². The highest BCUT2D eigenvalue weighted by atomic mass is 16.5. The number of hydrogen-bond donors (Lipinski definition) is 0. The van der Waals surface area contributed by atoms with E-state index < -0.39 is 5.97 Å². The number of rotatable bonds is 5. The van der Waals surface area contributed by atoms with Crippen molar-refractivity contribution in [3.63, 3.8) is 0 Å². The lowest BCUT2D eigenvalue weighted by molar-refractivity contribution is 0.0388. The zero-order valence-corrected chi connectivity index (χ0v) is 13.1. The molecule has 0 saturated heterocycles. The van der Waals surface area contributed by atoms with Gasteiger partial charge in [0.05, 0.1) is 25.0 Å². The lowest BCUT2D eigenvalue weighted by atomic mass is 9.85. The standard InChI is InChI=1S/C17H20N4O2/c1-13-6-2-3-7-14(13)12-23-17(22)16-11-21(20-19-16)10-15-8-4-5-9-18-15/h2-5,8-9,11,13-14H,6-7,10,12H2,1H3. The largest absolute Gasteiger partial charge is 0.461 e. The van der Waals surface area contributed by atoms with E-state index in [9.17, 15) is 4.79 Å². The third-order valence-corrected chi connectivity index (χ3v) is 4.14. The van der Waals surface area contributed by atoms with Crippen LogP contribution < -0.4 is 0 Å². The van der Waals surface area contributed by atoms with E-state index in [4.69, 9.17) is 4.74 Å². The summed E-state index contributed by atoms with van der Waals surface area (Å²) in [5.74, 6) is 0.499. The van der Waals surface area contributed by atoms with Crippen LogP contribution in [0.3, 0.4) is 0 Å². The Morgan fingerprint density at radius 3 is 3.00 bits per heavy atom. The molecule has 1 aliphatic rings. The molecular weight excluding hydrogens is 292 g/mol. The number of hydrogen-bond acceptors (Lipinski definition) is 5. The Morgan fingerprint density at radius 2 is 2.22 bits per heavy atom. The minimum atomic E-state index is -0.418. The van der Waals surface area contributed by atoms with Crippen molar-refractivity contribution in [1.82, 2.24) is 20.0 Å². The lowest BCUT2D eigenvalue weighted by Crippen LogP contribution is -2.21. The van der Waals surface area contributed by atoms with Crippen molar-refractivity contribution < 1.29 is 9.53 Å². The normalized spacial score (nSPS) is 20.4. The van der Waals surface area contributed by atoms with Gasteiger partial charge in [-0.15, -0.1) is 5.10 Å². The molecule has 6 nitrogen and oxygen atoms in total. The zero-order chi connectivity index (χ0) is 16.1. The summed E-state index contributed by atoms with van der Waals surface area (Å²) in [5.41, 5.74) is 1.10. The van der Waals surface area contributed by atoms with Crippen LogP contribution in [-0.4, -0.2) is 32.6 Å². The summed E-state index contributed by atoms with van der Waals surface area (Å²) in [5, 5.41) is 7.85. The third-order valence-electron chi connectivity index (χ3n) is 4.14. The van der Waals surface area contributed by atoms with Gasteiger partial charge in [0.1, 0.15) is 0 Å². The molecule has 0 aromatic carbocycles. The first-order valence-corrected chi connectivity index (χ1v) is 7.84. The van der Waals surface area contributed by atoms with Gasteiger partial charge in [0.15, 0.2) is 5.69 Å². The van der Waals surface area contributed by atoms with Gasteiger partial charge in [-0.3, -0.25) is 4.98 Å². The fourth-order valence-corrected chi connectivity index (χ4v) is 2.62. The molecule has 2 heterocycles. The minimum absolute atomic E-state index is 0.236. The van der Waals surface area contributed by atoms with Crippen LogP contribution in [0, 0.1) is 11.8 Å². The molecule has 0 aliphatic heterocycles. The van der Waals surface area contributed by atoms with E-state index in [0.29, 0.717) is 25.0 Å². The summed E-state index contributed by atoms with van der Waals surface area (Å²) in [6.45, 7) is 3.09. The maximum atomic E-state index is 12.1. The van der Waals surface area contributed by atoms with Crippen LogP contribution in [0.4, 0.5) is 0 Å². The Balaban J connectivity index is 1.55. The first-order valence-electron chi connectivity index (χ1n) is 7.84. The van der Waals surface area contributed by atoms with E-state index in [0.717, 1.165) is 18.5 Å². The summed E-state index contributed by atoms with van der Waals surface area (Å²) in [7, 11) is 0. The third kappa shape index (κ3) is 4.03. The molecule has 23 heavy (non-hydrogen) atoms. The predicted molar refractivity (Wildman–Crippen MR) is 84.7 cm³/mol. The van der Waals surface area contributed by atoms with Crippen LogP contribution in [0.5, 0.6) is 0 Å². The SMILES string of the molecule is CC1CC=CCC1COC(=O)c1cn(Cc2ccccn2)nn1. The molecule has 2 aromatic heterocycles. The van der Waals surface area contributed by atoms with E-state index in [1.807, 2.05) is 18.2 Å². The number of carbonyl (C=O) groups is 1. The molecule has 120 valence electrons. The number of nitrogens with zero attached hydrogens (tertiary/aromatic N) is 4. The summed E-state index contributed by atoms with van der Waals surface area (Å²) in [6, 6.07) is 5.67. The van der Waals surface area contributed by atoms with E-state index in [1.165, 1.54) is 0 Å². The van der Waals surface area contributed by atoms with Crippen LogP contribution in [0.1, 0.15) is 35.9 Å². The van der Waals surface area contributed by atoms with Crippen molar-refractivity contribution in [1.29, 1.82) is 0 Å². The molecule has 0 spiro atoms. The molecule has 0 saturated carbocycles. The summed E-state index contributed by atoms with van der Waals surface area (Å²) in [6.07, 6.45) is 9.67. The fraction of sp³-hybridized carbons (Fsp3) is 0.412. The summed E-state index contributed by atoms with van der Waals surface area (Å²) in [4.78, 5) is 16.3. The second kappa shape index (κ2) is 7.17. The van der Waals surface area contributed by atoms with Crippen molar-refractivity contribution in [3.8, 4) is 0 Å². The van der Waals surface area contributed by atoms with Gasteiger partial charge in [-0.25, -0.2) is 9.48 Å². The van der Waals surface area contributed by atoms with Crippen molar-refractivity contribution in [2.24, 2.45) is 11.8 Å². The Morgan fingerprint density at radius 1 is 1.35 bits per heavy atom. The molecule has 0 radical (unpaired) electrons. The monoisotopic (exact) mass is 312 g/mol. The zero-order valence-electron chi connectivity index (χ0n) is 13.1. The quantitative estimate of drug-likeness (QED) is 0.626. The van der Waals surface area contributed by atoms with Crippen molar-refractivity contribution in [2.75, 3.05) is 6.61 Å². The number of esters is 1. The Labute approximate surface area is 135 Å². The van der Waals surface area contributed by atoms with Gasteiger partial charge in [0, 0.05) is 6.20 Å². The van der Waals surface area contributed by atoms with Gasteiger partial charge in [-0.05, 0) is 36.8 Å². The average molecular weight is 312 g/mol. The van der Waals surface area contributed by atoms with Crippen LogP contribution in [0.25, 0.3) is 0 Å². The molecule has 6 heteroatoms. The Hall–Kier alpha value is -2.50. The van der Waals surface area contributed by atoms with Crippen LogP contribution in [-0.2, 0) is 11.3 Å². The predicted octanol–water partition coefficient (Wildman–Crippen LogP) is 2.48. The Kier molecular flexibility index (Phi) is 4.80. The first kappa shape index (κ1) is 15.4. The maximum absolute atomic E-state index is 12.1. The van der Waals surface area contributed by atoms with Gasteiger partial charge in [-0.2, -0.15) is 0 Å². The molecule has 1 aliphatic carbocycles. The van der Waals surface area contributed by atoms with E-state index in [-0.39, 0.29) is 5.69 Å². The van der Waals surface area contributed by atoms with Crippen LogP contribution >= 0.6 is 0 Å². The summed E-state index contributed by atoms with van der Waals surface area (Å²) >= 11 is 0. The number of pyridine rings is 1. The van der Waals surface area contributed by atoms with Gasteiger partial charge in [0.2, 0.25) is 0 Å². The molecular formula is C17H20N4O2. The molecule has 0 amide bonds. The number of carbonyl (C=O) groups excluding carboxylic acids is 1. The highest BCUT2D eigenvalue weighted by Gasteiger charge is 2.21. The van der Waals surface area contributed by atoms with Gasteiger partial charge in [0.25, 0.3) is 0 Å². The highest BCUT2D eigenvalue weighted by Crippen LogP contribution is 2.25. The number of ether oxygens (including phenoxy) is 1. The molecule has 2 atom stereocenters. The van der Waals surface area contributed by atoms with Gasteiger partial charge < -0.3 is 4.74 Å². The Bertz CT molecular complexity index is 681. The molecule has 0 bridgehead atoms. The van der Waals surface area contributed by atoms with Crippen LogP contribution in [0.2, 0.25) is 0 Å². The van der Waals surface area contributed by atoms with Crippen molar-refractivity contribution >= 4 is 5.97 Å². The van der Waals surface area contributed by atoms with Gasteiger partial charge in [-0.1, -0.05) is 30.4 Å². The minimum Gasteiger partial charge on any atom is -0.461 e. The number of aromatic nitrogens is 4. The van der Waals surface area contributed by atoms with Crippen molar-refractivity contribution in [2.45, 2.75) is 26.3 Å². The summed E-state index contributed by atoms with van der Waals surface area (Å²) < 4.78 is 6.99. The topological polar surface area (TPSA) is 69.9 Å². The fourth-order valence-electron chi connectivity index (χ4n) is 2.62. The first-order chi connectivity index (χ1) is 11.2. The number of allylic oxidation sites excluding steroid dienone is 2. The second-order valence-corrected chi connectivity index (χ2v) is 5.90. The smallest absolute Gasteiger partial charge is 0.360 e. The second-order valence-electron chi connectivity index (χ2n) is 5.90. The van der Waals surface area contributed by atoms with Crippen molar-refractivity contribution in [3.05, 3.63) is 54.1 Å². The lowest BCUT2D eigenvalue weighted by Gasteiger charge is -2.24. The molecule has 0 fully saturated rings. The molecule has 2 unspecified atom stereocenters. The van der Waals surface area contributed by atoms with E-state index >= 15 is 0 Å². The van der Waals surface area contributed by atoms with Gasteiger partial charge >= 0.3 is 5.97 Å². The molecule has 3 rings (SSSR count). The molecule has 0 N–H and O–H groups in total. The molecule has 2 aromatic rings. The average Bonchev–Trinajstić information content (AvgIpc) is 3.03. The maximum Gasteiger partial charge on any atom is 0.360 e. The highest BCUT2D eigenvalue weighted by molar-refractivity contribution is 5.86. The van der Waals surface area contributed by atoms with E-state index in [1.54, 1.807) is 17.1 Å².